The monoisotopic (exact) mass is 169 g/mol. The zero-order valence-electron chi connectivity index (χ0n) is 6.92. The molecular weight excluding hydrogens is 158 g/mol. The van der Waals surface area contributed by atoms with Crippen LogP contribution < -0.4 is 5.32 Å². The number of carbonyl (C=O) groups is 2. The molecule has 0 unspecified atom stereocenters. The number of hydrogen-bond donors (Lipinski definition) is 1. The smallest absolute Gasteiger partial charge is 0.322 e. The van der Waals surface area contributed by atoms with E-state index in [9.17, 15) is 9.59 Å². The van der Waals surface area contributed by atoms with Gasteiger partial charge in [0.1, 0.15) is 0 Å². The first-order valence-corrected chi connectivity index (χ1v) is 4.17. The zero-order chi connectivity index (χ0) is 8.77. The van der Waals surface area contributed by atoms with Crippen molar-refractivity contribution in [3.05, 3.63) is 0 Å². The fourth-order valence-corrected chi connectivity index (χ4v) is 1.83. The highest BCUT2D eigenvalue weighted by atomic mass is 16.5. The summed E-state index contributed by atoms with van der Waals surface area (Å²) < 4.78 is 4.84. The molecule has 2 atom stereocenters. The van der Waals surface area contributed by atoms with Crippen molar-refractivity contribution >= 4 is 11.9 Å². The molecule has 12 heavy (non-hydrogen) atoms. The van der Waals surface area contributed by atoms with Gasteiger partial charge in [-0.3, -0.25) is 9.59 Å². The number of amides is 1. The third-order valence-electron chi connectivity index (χ3n) is 2.66. The van der Waals surface area contributed by atoms with Gasteiger partial charge in [0.25, 0.3) is 0 Å². The fourth-order valence-electron chi connectivity index (χ4n) is 1.83. The molecule has 0 bridgehead atoms. The van der Waals surface area contributed by atoms with Gasteiger partial charge in [-0.25, -0.2) is 0 Å². The Hall–Kier alpha value is -1.06. The van der Waals surface area contributed by atoms with Gasteiger partial charge in [0.05, 0.1) is 6.61 Å². The number of nitrogens with one attached hydrogen (secondary N) is 1. The van der Waals surface area contributed by atoms with Gasteiger partial charge >= 0.3 is 5.97 Å². The first-order chi connectivity index (χ1) is 5.71. The fraction of sp³-hybridized carbons (Fsp3) is 0.750. The molecule has 0 aromatic heterocycles. The molecule has 1 heterocycles. The second-order valence-corrected chi connectivity index (χ2v) is 3.30. The highest BCUT2D eigenvalue weighted by Crippen LogP contribution is 2.56. The molecule has 2 aliphatic rings. The first kappa shape index (κ1) is 7.58. The van der Waals surface area contributed by atoms with Crippen molar-refractivity contribution in [2.45, 2.75) is 13.3 Å². The van der Waals surface area contributed by atoms with Crippen LogP contribution >= 0.6 is 0 Å². The number of fused-ring (bicyclic) bond motifs is 1. The molecule has 1 aliphatic carbocycles. The van der Waals surface area contributed by atoms with Crippen LogP contribution in [0.4, 0.5) is 0 Å². The molecule has 1 saturated carbocycles. The van der Waals surface area contributed by atoms with Gasteiger partial charge in [0.2, 0.25) is 5.91 Å². The highest BCUT2D eigenvalue weighted by Gasteiger charge is 2.70. The Labute approximate surface area is 70.3 Å². The predicted molar refractivity (Wildman–Crippen MR) is 40.2 cm³/mol. The van der Waals surface area contributed by atoms with Gasteiger partial charge in [-0.05, 0) is 13.3 Å². The lowest BCUT2D eigenvalue weighted by atomic mass is 10.1. The molecule has 0 spiro atoms. The first-order valence-electron chi connectivity index (χ1n) is 4.17. The quantitative estimate of drug-likeness (QED) is 0.455. The summed E-state index contributed by atoms with van der Waals surface area (Å²) in [5.41, 5.74) is -0.782. The van der Waals surface area contributed by atoms with Gasteiger partial charge < -0.3 is 10.1 Å². The third-order valence-corrected chi connectivity index (χ3v) is 2.66. The minimum Gasteiger partial charge on any atom is -0.465 e. The van der Waals surface area contributed by atoms with E-state index in [0.29, 0.717) is 19.6 Å². The van der Waals surface area contributed by atoms with Crippen molar-refractivity contribution in [1.29, 1.82) is 0 Å². The lowest BCUT2D eigenvalue weighted by Crippen LogP contribution is -2.32. The Bertz CT molecular complexity index is 251. The van der Waals surface area contributed by atoms with Crippen LogP contribution in [0.3, 0.4) is 0 Å². The SMILES string of the molecule is CCOC(=O)[C@@]12C[C@@H]1CNC2=O. The molecule has 0 aromatic rings. The summed E-state index contributed by atoms with van der Waals surface area (Å²) in [5, 5.41) is 2.66. The second-order valence-electron chi connectivity index (χ2n) is 3.30. The summed E-state index contributed by atoms with van der Waals surface area (Å²) in [6, 6.07) is 0. The number of esters is 1. The Balaban J connectivity index is 2.13. The molecule has 0 aromatic carbocycles. The van der Waals surface area contributed by atoms with E-state index < -0.39 is 5.41 Å². The molecule has 66 valence electrons. The van der Waals surface area contributed by atoms with E-state index in [-0.39, 0.29) is 17.8 Å². The number of piperidine rings is 1. The van der Waals surface area contributed by atoms with E-state index in [1.807, 2.05) is 0 Å². The lowest BCUT2D eigenvalue weighted by molar-refractivity contribution is -0.153. The van der Waals surface area contributed by atoms with Crippen LogP contribution in [-0.4, -0.2) is 25.0 Å². The van der Waals surface area contributed by atoms with Crippen molar-refractivity contribution in [3.8, 4) is 0 Å². The molecule has 4 heteroatoms. The van der Waals surface area contributed by atoms with Crippen LogP contribution in [-0.2, 0) is 14.3 Å². The molecule has 0 radical (unpaired) electrons. The Morgan fingerprint density at radius 3 is 3.00 bits per heavy atom. The number of ether oxygens (including phenoxy) is 1. The zero-order valence-corrected chi connectivity index (χ0v) is 6.92. The Morgan fingerprint density at radius 1 is 1.83 bits per heavy atom. The molecule has 1 aliphatic heterocycles. The van der Waals surface area contributed by atoms with Gasteiger partial charge in [0.15, 0.2) is 5.41 Å². The predicted octanol–water partition coefficient (Wildman–Crippen LogP) is -0.314. The molecular formula is C8H11NO3. The third kappa shape index (κ3) is 0.722. The molecule has 2 rings (SSSR count). The lowest BCUT2D eigenvalue weighted by Gasteiger charge is -2.07. The van der Waals surface area contributed by atoms with E-state index in [1.165, 1.54) is 0 Å². The molecule has 1 amide bonds. The average Bonchev–Trinajstić information content (AvgIpc) is 2.69. The van der Waals surface area contributed by atoms with Crippen LogP contribution in [0.15, 0.2) is 0 Å². The summed E-state index contributed by atoms with van der Waals surface area (Å²) in [6.07, 6.45) is 0.678. The summed E-state index contributed by atoms with van der Waals surface area (Å²) in [7, 11) is 0. The van der Waals surface area contributed by atoms with Gasteiger partial charge in [-0.2, -0.15) is 0 Å². The van der Waals surface area contributed by atoms with E-state index in [0.717, 1.165) is 0 Å². The average molecular weight is 169 g/mol. The molecule has 2 fully saturated rings. The summed E-state index contributed by atoms with van der Waals surface area (Å²) >= 11 is 0. The maximum atomic E-state index is 11.3. The maximum absolute atomic E-state index is 11.3. The van der Waals surface area contributed by atoms with Crippen LogP contribution in [0.1, 0.15) is 13.3 Å². The van der Waals surface area contributed by atoms with Crippen molar-refractivity contribution in [2.75, 3.05) is 13.2 Å². The summed E-state index contributed by atoms with van der Waals surface area (Å²) in [6.45, 7) is 2.73. The largest absolute Gasteiger partial charge is 0.465 e. The van der Waals surface area contributed by atoms with Gasteiger partial charge in [-0.15, -0.1) is 0 Å². The number of hydrogen-bond acceptors (Lipinski definition) is 3. The van der Waals surface area contributed by atoms with Crippen LogP contribution in [0.5, 0.6) is 0 Å². The second kappa shape index (κ2) is 2.21. The standard InChI is InChI=1S/C8H11NO3/c1-2-12-7(11)8-3-5(8)4-9-6(8)10/h5H,2-4H2,1H3,(H,9,10)/t5-,8+/m1/s1. The van der Waals surface area contributed by atoms with Crippen molar-refractivity contribution in [2.24, 2.45) is 11.3 Å². The minimum absolute atomic E-state index is 0.147. The van der Waals surface area contributed by atoms with Crippen molar-refractivity contribution < 1.29 is 14.3 Å². The van der Waals surface area contributed by atoms with E-state index in [4.69, 9.17) is 4.74 Å². The van der Waals surface area contributed by atoms with Gasteiger partial charge in [0, 0.05) is 12.5 Å². The van der Waals surface area contributed by atoms with Crippen LogP contribution in [0, 0.1) is 11.3 Å². The van der Waals surface area contributed by atoms with E-state index in [1.54, 1.807) is 6.92 Å². The van der Waals surface area contributed by atoms with Crippen molar-refractivity contribution in [1.82, 2.24) is 5.32 Å². The Kier molecular flexibility index (Phi) is 1.40. The molecule has 1 saturated heterocycles. The van der Waals surface area contributed by atoms with Crippen LogP contribution in [0.2, 0.25) is 0 Å². The number of rotatable bonds is 2. The van der Waals surface area contributed by atoms with Crippen molar-refractivity contribution in [3.63, 3.8) is 0 Å². The maximum Gasteiger partial charge on any atom is 0.322 e. The summed E-state index contributed by atoms with van der Waals surface area (Å²) in [5.74, 6) is -0.292. The molecule has 4 nitrogen and oxygen atoms in total. The van der Waals surface area contributed by atoms with Crippen LogP contribution in [0.25, 0.3) is 0 Å². The topological polar surface area (TPSA) is 55.4 Å². The normalized spacial score (nSPS) is 37.1. The van der Waals surface area contributed by atoms with E-state index >= 15 is 0 Å². The number of carbonyl (C=O) groups excluding carboxylic acids is 2. The van der Waals surface area contributed by atoms with E-state index in [2.05, 4.69) is 5.32 Å². The molecule has 1 N–H and O–H groups in total. The summed E-state index contributed by atoms with van der Waals surface area (Å²) in [4.78, 5) is 22.6. The minimum atomic E-state index is -0.782. The Morgan fingerprint density at radius 2 is 2.58 bits per heavy atom. The highest BCUT2D eigenvalue weighted by molar-refractivity contribution is 6.08. The van der Waals surface area contributed by atoms with Gasteiger partial charge in [-0.1, -0.05) is 0 Å².